The lowest BCUT2D eigenvalue weighted by Crippen LogP contribution is -2.20. The summed E-state index contributed by atoms with van der Waals surface area (Å²) in [5.74, 6) is 0.464. The third kappa shape index (κ3) is 3.67. The zero-order valence-electron chi connectivity index (χ0n) is 11.6. The maximum Gasteiger partial charge on any atom is 0.165 e. The van der Waals surface area contributed by atoms with Gasteiger partial charge in [-0.15, -0.1) is 0 Å². The van der Waals surface area contributed by atoms with Crippen molar-refractivity contribution in [2.24, 2.45) is 5.92 Å². The van der Waals surface area contributed by atoms with Gasteiger partial charge in [-0.3, -0.25) is 0 Å². The van der Waals surface area contributed by atoms with Gasteiger partial charge in [-0.25, -0.2) is 4.39 Å². The number of hydrogen-bond donors (Lipinski definition) is 1. The van der Waals surface area contributed by atoms with E-state index in [9.17, 15) is 4.39 Å². The Kier molecular flexibility index (Phi) is 5.16. The largest absolute Gasteiger partial charge is 0.490 e. The van der Waals surface area contributed by atoms with E-state index < -0.39 is 0 Å². The molecule has 1 fully saturated rings. The van der Waals surface area contributed by atoms with Crippen molar-refractivity contribution in [2.45, 2.75) is 26.3 Å². The summed E-state index contributed by atoms with van der Waals surface area (Å²) in [6.45, 7) is 6.91. The predicted molar refractivity (Wildman–Crippen MR) is 72.9 cm³/mol. The van der Waals surface area contributed by atoms with E-state index in [0.29, 0.717) is 24.9 Å². The fraction of sp³-hybridized carbons (Fsp3) is 0.600. The molecule has 4 heteroatoms. The highest BCUT2D eigenvalue weighted by molar-refractivity contribution is 5.37. The van der Waals surface area contributed by atoms with E-state index in [0.717, 1.165) is 25.1 Å². The molecule has 1 saturated heterocycles. The van der Waals surface area contributed by atoms with E-state index in [-0.39, 0.29) is 11.9 Å². The molecule has 1 aromatic carbocycles. The van der Waals surface area contributed by atoms with Gasteiger partial charge in [0.2, 0.25) is 0 Å². The fourth-order valence-corrected chi connectivity index (χ4v) is 2.35. The minimum atomic E-state index is -0.291. The molecule has 1 aliphatic heterocycles. The molecule has 0 aliphatic carbocycles. The minimum Gasteiger partial charge on any atom is -0.490 e. The molecule has 2 unspecified atom stereocenters. The first kappa shape index (κ1) is 14.3. The Morgan fingerprint density at radius 1 is 1.53 bits per heavy atom. The molecule has 1 aromatic rings. The lowest BCUT2D eigenvalue weighted by Gasteiger charge is -2.19. The maximum atomic E-state index is 13.9. The molecular weight excluding hydrogens is 245 g/mol. The molecule has 2 rings (SSSR count). The van der Waals surface area contributed by atoms with Crippen LogP contribution >= 0.6 is 0 Å². The molecule has 0 spiro atoms. The first-order chi connectivity index (χ1) is 9.22. The summed E-state index contributed by atoms with van der Waals surface area (Å²) in [5, 5.41) is 3.29. The molecule has 1 N–H and O–H groups in total. The highest BCUT2D eigenvalue weighted by Gasteiger charge is 2.19. The van der Waals surface area contributed by atoms with E-state index in [1.807, 2.05) is 19.9 Å². The number of hydrogen-bond acceptors (Lipinski definition) is 3. The molecule has 0 saturated carbocycles. The Labute approximate surface area is 114 Å². The normalized spacial score (nSPS) is 20.5. The maximum absolute atomic E-state index is 13.9. The minimum absolute atomic E-state index is 0.0792. The second kappa shape index (κ2) is 6.87. The summed E-state index contributed by atoms with van der Waals surface area (Å²) in [6.07, 6.45) is 0.993. The summed E-state index contributed by atoms with van der Waals surface area (Å²) in [5.41, 5.74) is 0.876. The van der Waals surface area contributed by atoms with Gasteiger partial charge in [0.15, 0.2) is 11.6 Å². The average Bonchev–Trinajstić information content (AvgIpc) is 2.90. The van der Waals surface area contributed by atoms with Gasteiger partial charge in [-0.1, -0.05) is 19.1 Å². The summed E-state index contributed by atoms with van der Waals surface area (Å²) in [7, 11) is 0. The second-order valence-electron chi connectivity index (χ2n) is 4.98. The van der Waals surface area contributed by atoms with Crippen molar-refractivity contribution < 1.29 is 13.9 Å². The van der Waals surface area contributed by atoms with E-state index >= 15 is 0 Å². The third-order valence-corrected chi connectivity index (χ3v) is 3.46. The zero-order valence-corrected chi connectivity index (χ0v) is 11.6. The van der Waals surface area contributed by atoms with E-state index in [4.69, 9.17) is 9.47 Å². The quantitative estimate of drug-likeness (QED) is 0.859. The Balaban J connectivity index is 2.08. The van der Waals surface area contributed by atoms with Crippen molar-refractivity contribution in [1.29, 1.82) is 0 Å². The molecule has 0 amide bonds. The number of rotatable bonds is 6. The SMILES string of the molecule is CCNC(C)c1cccc(F)c1OCC1CCOC1. The zero-order chi connectivity index (χ0) is 13.7. The van der Waals surface area contributed by atoms with Gasteiger partial charge in [0.25, 0.3) is 0 Å². The fourth-order valence-electron chi connectivity index (χ4n) is 2.35. The van der Waals surface area contributed by atoms with Crippen LogP contribution in [0.5, 0.6) is 5.75 Å². The molecule has 0 bridgehead atoms. The third-order valence-electron chi connectivity index (χ3n) is 3.46. The topological polar surface area (TPSA) is 30.5 Å². The first-order valence-electron chi connectivity index (χ1n) is 6.94. The lowest BCUT2D eigenvalue weighted by atomic mass is 10.1. The van der Waals surface area contributed by atoms with Crippen LogP contribution in [0.25, 0.3) is 0 Å². The summed E-state index contributed by atoms with van der Waals surface area (Å²) in [6, 6.07) is 5.17. The van der Waals surface area contributed by atoms with Crippen molar-refractivity contribution in [3.05, 3.63) is 29.6 Å². The van der Waals surface area contributed by atoms with Crippen molar-refractivity contribution in [3.63, 3.8) is 0 Å². The van der Waals surface area contributed by atoms with Crippen LogP contribution in [0.2, 0.25) is 0 Å². The summed E-state index contributed by atoms with van der Waals surface area (Å²) >= 11 is 0. The van der Waals surface area contributed by atoms with Crippen molar-refractivity contribution in [1.82, 2.24) is 5.32 Å². The van der Waals surface area contributed by atoms with Crippen molar-refractivity contribution in [2.75, 3.05) is 26.4 Å². The van der Waals surface area contributed by atoms with Crippen LogP contribution in [0.1, 0.15) is 31.9 Å². The van der Waals surface area contributed by atoms with Crippen LogP contribution < -0.4 is 10.1 Å². The van der Waals surface area contributed by atoms with Gasteiger partial charge in [0.05, 0.1) is 13.2 Å². The number of nitrogens with one attached hydrogen (secondary N) is 1. The highest BCUT2D eigenvalue weighted by atomic mass is 19.1. The molecular formula is C15H22FNO2. The number of benzene rings is 1. The van der Waals surface area contributed by atoms with E-state index in [1.165, 1.54) is 6.07 Å². The summed E-state index contributed by atoms with van der Waals surface area (Å²) in [4.78, 5) is 0. The van der Waals surface area contributed by atoms with Crippen molar-refractivity contribution in [3.8, 4) is 5.75 Å². The molecule has 2 atom stereocenters. The molecule has 106 valence electrons. The monoisotopic (exact) mass is 267 g/mol. The average molecular weight is 267 g/mol. The van der Waals surface area contributed by atoms with Crippen LogP contribution in [-0.2, 0) is 4.74 Å². The molecule has 0 radical (unpaired) electrons. The predicted octanol–water partition coefficient (Wildman–Crippen LogP) is 2.91. The number of halogens is 1. The van der Waals surface area contributed by atoms with Crippen LogP contribution in [0, 0.1) is 11.7 Å². The number of ether oxygens (including phenoxy) is 2. The molecule has 3 nitrogen and oxygen atoms in total. The highest BCUT2D eigenvalue weighted by Crippen LogP contribution is 2.29. The summed E-state index contributed by atoms with van der Waals surface area (Å²) < 4.78 is 25.0. The molecule has 1 heterocycles. The first-order valence-corrected chi connectivity index (χ1v) is 6.94. The Morgan fingerprint density at radius 3 is 3.05 bits per heavy atom. The van der Waals surface area contributed by atoms with E-state index in [2.05, 4.69) is 5.32 Å². The standard InChI is InChI=1S/C15H22FNO2/c1-3-17-11(2)13-5-4-6-14(16)15(13)19-10-12-7-8-18-9-12/h4-6,11-12,17H,3,7-10H2,1-2H3. The Bertz CT molecular complexity index is 405. The van der Waals surface area contributed by atoms with Gasteiger partial charge in [0.1, 0.15) is 0 Å². The lowest BCUT2D eigenvalue weighted by molar-refractivity contribution is 0.165. The van der Waals surface area contributed by atoms with Gasteiger partial charge in [-0.2, -0.15) is 0 Å². The molecule has 1 aliphatic rings. The van der Waals surface area contributed by atoms with Crippen LogP contribution in [0.3, 0.4) is 0 Å². The van der Waals surface area contributed by atoms with Crippen LogP contribution in [-0.4, -0.2) is 26.4 Å². The van der Waals surface area contributed by atoms with Gasteiger partial charge < -0.3 is 14.8 Å². The second-order valence-corrected chi connectivity index (χ2v) is 4.98. The van der Waals surface area contributed by atoms with E-state index in [1.54, 1.807) is 6.07 Å². The Morgan fingerprint density at radius 2 is 2.37 bits per heavy atom. The molecule has 0 aromatic heterocycles. The molecule has 19 heavy (non-hydrogen) atoms. The van der Waals surface area contributed by atoms with Crippen LogP contribution in [0.4, 0.5) is 4.39 Å². The van der Waals surface area contributed by atoms with Crippen LogP contribution in [0.15, 0.2) is 18.2 Å². The van der Waals surface area contributed by atoms with Gasteiger partial charge in [0, 0.05) is 24.1 Å². The Hall–Kier alpha value is -1.13. The van der Waals surface area contributed by atoms with Gasteiger partial charge >= 0.3 is 0 Å². The smallest absolute Gasteiger partial charge is 0.165 e. The van der Waals surface area contributed by atoms with Crippen molar-refractivity contribution >= 4 is 0 Å². The number of para-hydroxylation sites is 1. The van der Waals surface area contributed by atoms with Gasteiger partial charge in [-0.05, 0) is 26.0 Å².